The number of benzene rings is 2. The number of hydrogen-bond acceptors (Lipinski definition) is 5. The zero-order valence-electron chi connectivity index (χ0n) is 11.1. The summed E-state index contributed by atoms with van der Waals surface area (Å²) in [5.74, 6) is -0.684. The lowest BCUT2D eigenvalue weighted by Gasteiger charge is -2.11. The summed E-state index contributed by atoms with van der Waals surface area (Å²) in [6.45, 7) is 0. The third kappa shape index (κ3) is 3.54. The van der Waals surface area contributed by atoms with Gasteiger partial charge in [0.15, 0.2) is 0 Å². The molecule has 0 atom stereocenters. The van der Waals surface area contributed by atoms with E-state index in [2.05, 4.69) is 0 Å². The molecule has 120 valence electrons. The van der Waals surface area contributed by atoms with Crippen LogP contribution in [0.4, 0.5) is 24.5 Å². The normalized spacial score (nSPS) is 11.1. The molecule has 0 radical (unpaired) electrons. The summed E-state index contributed by atoms with van der Waals surface area (Å²) in [5, 5.41) is 21.5. The van der Waals surface area contributed by atoms with Crippen molar-refractivity contribution in [1.29, 1.82) is 0 Å². The maximum atomic E-state index is 12.8. The van der Waals surface area contributed by atoms with E-state index in [0.29, 0.717) is 6.07 Å². The Bertz CT molecular complexity index is 759. The Labute approximate surface area is 126 Å². The predicted octanol–water partition coefficient (Wildman–Crippen LogP) is 4.31. The first-order valence-electron chi connectivity index (χ1n) is 5.97. The highest BCUT2D eigenvalue weighted by atomic mass is 19.4. The molecule has 0 fully saturated rings. The number of nitro benzene ring substituents is 2. The van der Waals surface area contributed by atoms with Gasteiger partial charge in [-0.25, -0.2) is 0 Å². The highest BCUT2D eigenvalue weighted by molar-refractivity contribution is 5.55. The molecule has 0 aliphatic heterocycles. The van der Waals surface area contributed by atoms with E-state index in [0.717, 1.165) is 36.4 Å². The Kier molecular flexibility index (Phi) is 4.16. The third-order valence-electron chi connectivity index (χ3n) is 2.76. The predicted molar refractivity (Wildman–Crippen MR) is 71.3 cm³/mol. The van der Waals surface area contributed by atoms with E-state index in [1.807, 2.05) is 0 Å². The van der Waals surface area contributed by atoms with Crippen molar-refractivity contribution in [2.24, 2.45) is 0 Å². The van der Waals surface area contributed by atoms with E-state index in [1.165, 1.54) is 0 Å². The molecule has 2 rings (SSSR count). The van der Waals surface area contributed by atoms with Crippen molar-refractivity contribution in [3.8, 4) is 11.5 Å². The zero-order chi connectivity index (χ0) is 17.2. The largest absolute Gasteiger partial charge is 0.450 e. The van der Waals surface area contributed by atoms with Gasteiger partial charge in [-0.2, -0.15) is 13.2 Å². The average Bonchev–Trinajstić information content (AvgIpc) is 2.46. The summed E-state index contributed by atoms with van der Waals surface area (Å²) in [7, 11) is 0. The maximum Gasteiger partial charge on any atom is 0.423 e. The van der Waals surface area contributed by atoms with Crippen molar-refractivity contribution in [1.82, 2.24) is 0 Å². The van der Waals surface area contributed by atoms with Crippen molar-refractivity contribution < 1.29 is 27.8 Å². The number of para-hydroxylation sites is 1. The second-order valence-corrected chi connectivity index (χ2v) is 4.26. The SMILES string of the molecule is O=[N+]([O-])c1ccc(Oc2cccc(C(F)(F)F)c2[N+](=O)[O-])cc1. The van der Waals surface area contributed by atoms with Gasteiger partial charge >= 0.3 is 11.9 Å². The Hall–Kier alpha value is -3.17. The van der Waals surface area contributed by atoms with Crippen LogP contribution in [0.3, 0.4) is 0 Å². The van der Waals surface area contributed by atoms with Gasteiger partial charge in [0, 0.05) is 12.1 Å². The number of nitro groups is 2. The van der Waals surface area contributed by atoms with Crippen LogP contribution in [-0.4, -0.2) is 9.85 Å². The Balaban J connectivity index is 2.43. The number of hydrogen-bond donors (Lipinski definition) is 0. The summed E-state index contributed by atoms with van der Waals surface area (Å²) >= 11 is 0. The summed E-state index contributed by atoms with van der Waals surface area (Å²) in [6, 6.07) is 6.93. The average molecular weight is 328 g/mol. The number of non-ortho nitro benzene ring substituents is 1. The van der Waals surface area contributed by atoms with E-state index >= 15 is 0 Å². The van der Waals surface area contributed by atoms with Crippen LogP contribution in [0, 0.1) is 20.2 Å². The van der Waals surface area contributed by atoms with E-state index in [-0.39, 0.29) is 11.4 Å². The minimum absolute atomic E-state index is 0.0713. The number of rotatable bonds is 4. The highest BCUT2D eigenvalue weighted by Crippen LogP contribution is 2.42. The van der Waals surface area contributed by atoms with Gasteiger partial charge in [-0.1, -0.05) is 6.07 Å². The molecule has 7 nitrogen and oxygen atoms in total. The van der Waals surface area contributed by atoms with Crippen LogP contribution in [0.1, 0.15) is 5.56 Å². The smallest absolute Gasteiger partial charge is 0.423 e. The van der Waals surface area contributed by atoms with Crippen molar-refractivity contribution >= 4 is 11.4 Å². The van der Waals surface area contributed by atoms with Crippen LogP contribution in [0.25, 0.3) is 0 Å². The van der Waals surface area contributed by atoms with Crippen LogP contribution in [0.2, 0.25) is 0 Å². The highest BCUT2D eigenvalue weighted by Gasteiger charge is 2.40. The van der Waals surface area contributed by atoms with Crippen molar-refractivity contribution in [3.63, 3.8) is 0 Å². The van der Waals surface area contributed by atoms with E-state index in [4.69, 9.17) is 4.74 Å². The Morgan fingerprint density at radius 1 is 0.913 bits per heavy atom. The van der Waals surface area contributed by atoms with Gasteiger partial charge in [-0.3, -0.25) is 20.2 Å². The molecule has 23 heavy (non-hydrogen) atoms. The van der Waals surface area contributed by atoms with Crippen LogP contribution >= 0.6 is 0 Å². The molecule has 0 N–H and O–H groups in total. The van der Waals surface area contributed by atoms with Gasteiger partial charge in [-0.05, 0) is 24.3 Å². The molecule has 0 aromatic heterocycles. The van der Waals surface area contributed by atoms with Crippen LogP contribution < -0.4 is 4.74 Å². The lowest BCUT2D eigenvalue weighted by atomic mass is 10.1. The first-order chi connectivity index (χ1) is 10.7. The molecule has 0 unspecified atom stereocenters. The molecule has 2 aromatic rings. The first-order valence-corrected chi connectivity index (χ1v) is 5.97. The van der Waals surface area contributed by atoms with Crippen molar-refractivity contribution in [2.75, 3.05) is 0 Å². The molecular weight excluding hydrogens is 321 g/mol. The fraction of sp³-hybridized carbons (Fsp3) is 0.0769. The Morgan fingerprint density at radius 3 is 2.00 bits per heavy atom. The zero-order valence-corrected chi connectivity index (χ0v) is 11.1. The molecular formula is C13H7F3N2O5. The molecule has 0 saturated carbocycles. The molecule has 0 heterocycles. The lowest BCUT2D eigenvalue weighted by Crippen LogP contribution is -2.09. The van der Waals surface area contributed by atoms with Crippen LogP contribution in [-0.2, 0) is 6.18 Å². The number of nitrogens with zero attached hydrogens (tertiary/aromatic N) is 2. The van der Waals surface area contributed by atoms with E-state index < -0.39 is 33.0 Å². The monoisotopic (exact) mass is 328 g/mol. The number of halogens is 3. The maximum absolute atomic E-state index is 12.8. The number of alkyl halides is 3. The fourth-order valence-electron chi connectivity index (χ4n) is 1.78. The summed E-state index contributed by atoms with van der Waals surface area (Å²) in [6.07, 6.45) is -4.92. The second kappa shape index (κ2) is 5.91. The van der Waals surface area contributed by atoms with Crippen molar-refractivity contribution in [3.05, 3.63) is 68.3 Å². The molecule has 0 saturated heterocycles. The lowest BCUT2D eigenvalue weighted by molar-refractivity contribution is -0.388. The minimum Gasteiger partial charge on any atom is -0.450 e. The van der Waals surface area contributed by atoms with Gasteiger partial charge < -0.3 is 4.74 Å². The summed E-state index contributed by atoms with van der Waals surface area (Å²) < 4.78 is 43.6. The fourth-order valence-corrected chi connectivity index (χ4v) is 1.78. The number of ether oxygens (including phenoxy) is 1. The third-order valence-corrected chi connectivity index (χ3v) is 2.76. The molecule has 0 amide bonds. The molecule has 10 heteroatoms. The van der Waals surface area contributed by atoms with E-state index in [1.54, 1.807) is 0 Å². The molecule has 0 aliphatic carbocycles. The molecule has 2 aromatic carbocycles. The summed E-state index contributed by atoms with van der Waals surface area (Å²) in [4.78, 5) is 19.6. The molecule has 0 aliphatic rings. The molecule has 0 spiro atoms. The van der Waals surface area contributed by atoms with Gasteiger partial charge in [0.2, 0.25) is 5.75 Å². The Morgan fingerprint density at radius 2 is 1.52 bits per heavy atom. The standard InChI is InChI=1S/C13H7F3N2O5/c14-13(15,16)10-2-1-3-11(12(10)18(21)22)23-9-6-4-8(5-7-9)17(19)20/h1-7H. The topological polar surface area (TPSA) is 95.5 Å². The van der Waals surface area contributed by atoms with Crippen LogP contribution in [0.5, 0.6) is 11.5 Å². The first kappa shape index (κ1) is 16.2. The quantitative estimate of drug-likeness (QED) is 0.615. The van der Waals surface area contributed by atoms with Crippen LogP contribution in [0.15, 0.2) is 42.5 Å². The second-order valence-electron chi connectivity index (χ2n) is 4.26. The van der Waals surface area contributed by atoms with Gasteiger partial charge in [0.25, 0.3) is 5.69 Å². The van der Waals surface area contributed by atoms with Crippen molar-refractivity contribution in [2.45, 2.75) is 6.18 Å². The van der Waals surface area contributed by atoms with Gasteiger partial charge in [0.1, 0.15) is 11.3 Å². The van der Waals surface area contributed by atoms with E-state index in [9.17, 15) is 33.4 Å². The molecule has 0 bridgehead atoms. The van der Waals surface area contributed by atoms with Gasteiger partial charge in [0.05, 0.1) is 9.85 Å². The van der Waals surface area contributed by atoms with Gasteiger partial charge in [-0.15, -0.1) is 0 Å². The minimum atomic E-state index is -4.92. The summed E-state index contributed by atoms with van der Waals surface area (Å²) in [5.41, 5.74) is -2.92.